The molecule has 1 fully saturated rings. The Hall–Kier alpha value is -3.03. The van der Waals surface area contributed by atoms with E-state index in [1.807, 2.05) is 4.90 Å². The molecule has 1 N–H and O–H groups in total. The van der Waals surface area contributed by atoms with E-state index in [0.717, 1.165) is 18.4 Å². The molecule has 1 aromatic carbocycles. The highest BCUT2D eigenvalue weighted by Crippen LogP contribution is 2.21. The summed E-state index contributed by atoms with van der Waals surface area (Å²) < 4.78 is 1.64. The highest BCUT2D eigenvalue weighted by molar-refractivity contribution is 5.97. The highest BCUT2D eigenvalue weighted by atomic mass is 16.2. The maximum atomic E-state index is 12.7. The van der Waals surface area contributed by atoms with E-state index in [9.17, 15) is 9.59 Å². The van der Waals surface area contributed by atoms with Gasteiger partial charge in [-0.2, -0.15) is 15.4 Å². The molecule has 0 saturated carbocycles. The second-order valence-electron chi connectivity index (χ2n) is 6.33. The van der Waals surface area contributed by atoms with Crippen LogP contribution >= 0.6 is 0 Å². The van der Waals surface area contributed by atoms with E-state index in [4.69, 9.17) is 0 Å². The van der Waals surface area contributed by atoms with Crippen molar-refractivity contribution in [2.24, 2.45) is 5.92 Å². The number of likely N-dealkylation sites (tertiary alicyclic amines) is 1. The first-order valence-corrected chi connectivity index (χ1v) is 8.31. The van der Waals surface area contributed by atoms with Crippen LogP contribution in [0.4, 0.5) is 0 Å². The number of rotatable bonds is 3. The number of fused-ring (bicyclic) bond motifs is 1. The van der Waals surface area contributed by atoms with E-state index < -0.39 is 0 Å². The molecule has 3 heterocycles. The van der Waals surface area contributed by atoms with Gasteiger partial charge in [-0.15, -0.1) is 0 Å². The zero-order valence-corrected chi connectivity index (χ0v) is 13.6. The minimum Gasteiger partial charge on any atom is -0.339 e. The molecule has 8 heteroatoms. The van der Waals surface area contributed by atoms with E-state index >= 15 is 0 Å². The Morgan fingerprint density at radius 2 is 1.96 bits per heavy atom. The first-order valence-electron chi connectivity index (χ1n) is 8.31. The zero-order chi connectivity index (χ0) is 17.2. The topological polar surface area (TPSA) is 96.8 Å². The fourth-order valence-electron chi connectivity index (χ4n) is 3.27. The van der Waals surface area contributed by atoms with Crippen molar-refractivity contribution in [3.8, 4) is 0 Å². The van der Waals surface area contributed by atoms with Gasteiger partial charge in [0, 0.05) is 37.5 Å². The zero-order valence-electron chi connectivity index (χ0n) is 13.6. The van der Waals surface area contributed by atoms with Crippen LogP contribution in [0.1, 0.15) is 23.2 Å². The lowest BCUT2D eigenvalue weighted by Gasteiger charge is -2.32. The Labute approximate surface area is 143 Å². The first kappa shape index (κ1) is 15.5. The van der Waals surface area contributed by atoms with Crippen molar-refractivity contribution in [2.45, 2.75) is 19.4 Å². The summed E-state index contributed by atoms with van der Waals surface area (Å²) in [7, 11) is 0. The minimum absolute atomic E-state index is 0.0156. The molecule has 3 aromatic rings. The van der Waals surface area contributed by atoms with Crippen LogP contribution in [0, 0.1) is 5.92 Å². The number of nitrogens with zero attached hydrogens (tertiary/aromatic N) is 5. The monoisotopic (exact) mass is 338 g/mol. The lowest BCUT2D eigenvalue weighted by atomic mass is 9.96. The van der Waals surface area contributed by atoms with Gasteiger partial charge in [-0.25, -0.2) is 4.98 Å². The summed E-state index contributed by atoms with van der Waals surface area (Å²) in [4.78, 5) is 30.3. The molecule has 1 saturated heterocycles. The number of aromatic amines is 1. The fraction of sp³-hybridized carbons (Fsp3) is 0.353. The van der Waals surface area contributed by atoms with Crippen LogP contribution in [0.2, 0.25) is 0 Å². The van der Waals surface area contributed by atoms with Crippen molar-refractivity contribution in [1.29, 1.82) is 0 Å². The molecule has 4 rings (SSSR count). The van der Waals surface area contributed by atoms with Gasteiger partial charge in [-0.3, -0.25) is 14.2 Å². The molecular weight excluding hydrogens is 320 g/mol. The summed E-state index contributed by atoms with van der Waals surface area (Å²) in [5, 5.41) is 10.6. The average molecular weight is 338 g/mol. The summed E-state index contributed by atoms with van der Waals surface area (Å²) in [5.74, 6) is 0.394. The number of amides is 1. The molecule has 0 bridgehead atoms. The number of nitrogens with one attached hydrogen (secondary N) is 1. The van der Waals surface area contributed by atoms with Gasteiger partial charge in [0.2, 0.25) is 0 Å². The minimum atomic E-state index is -0.0329. The van der Waals surface area contributed by atoms with Gasteiger partial charge in [-0.1, -0.05) is 0 Å². The third kappa shape index (κ3) is 3.15. The molecule has 0 atom stereocenters. The van der Waals surface area contributed by atoms with Crippen molar-refractivity contribution in [3.63, 3.8) is 0 Å². The van der Waals surface area contributed by atoms with Crippen LogP contribution in [-0.4, -0.2) is 48.9 Å². The molecule has 0 unspecified atom stereocenters. The van der Waals surface area contributed by atoms with Gasteiger partial charge in [0.05, 0.1) is 6.33 Å². The van der Waals surface area contributed by atoms with Crippen molar-refractivity contribution in [3.05, 3.63) is 52.7 Å². The number of aromatic nitrogens is 5. The molecular formula is C17H18N6O2. The third-order valence-corrected chi connectivity index (χ3v) is 4.71. The van der Waals surface area contributed by atoms with Crippen LogP contribution in [0.15, 0.2) is 41.6 Å². The highest BCUT2D eigenvalue weighted by Gasteiger charge is 2.24. The molecule has 25 heavy (non-hydrogen) atoms. The van der Waals surface area contributed by atoms with Gasteiger partial charge in [0.25, 0.3) is 11.5 Å². The maximum Gasteiger partial charge on any atom is 0.253 e. The summed E-state index contributed by atoms with van der Waals surface area (Å²) in [6.45, 7) is 2.03. The number of hydrogen-bond donors (Lipinski definition) is 1. The van der Waals surface area contributed by atoms with Crippen LogP contribution in [0.3, 0.4) is 0 Å². The lowest BCUT2D eigenvalue weighted by Crippen LogP contribution is -2.40. The average Bonchev–Trinajstić information content (AvgIpc) is 3.11. The molecule has 0 radical (unpaired) electrons. The number of H-pyrrole nitrogens is 1. The fourth-order valence-corrected chi connectivity index (χ4v) is 3.27. The van der Waals surface area contributed by atoms with E-state index in [-0.39, 0.29) is 11.5 Å². The summed E-state index contributed by atoms with van der Waals surface area (Å²) in [6.07, 6.45) is 4.83. The summed E-state index contributed by atoms with van der Waals surface area (Å²) in [6, 6.07) is 6.82. The Balaban J connectivity index is 1.40. The Morgan fingerprint density at radius 3 is 2.76 bits per heavy atom. The standard InChI is InChI=1S/C17H18N6O2/c24-16-3-6-18-11-23(16)10-12-4-7-22(8-5-12)17(25)13-1-2-14-15(9-13)20-21-19-14/h1-3,6,9,11-12H,4-5,7-8,10H2,(H,19,20,21). The predicted molar refractivity (Wildman–Crippen MR) is 91.0 cm³/mol. The molecule has 8 nitrogen and oxygen atoms in total. The normalized spacial score (nSPS) is 15.6. The largest absolute Gasteiger partial charge is 0.339 e. The lowest BCUT2D eigenvalue weighted by molar-refractivity contribution is 0.0682. The Kier molecular flexibility index (Phi) is 4.01. The molecule has 1 aliphatic rings. The molecule has 1 amide bonds. The number of carbonyl (C=O) groups is 1. The van der Waals surface area contributed by atoms with Gasteiger partial charge < -0.3 is 4.90 Å². The van der Waals surface area contributed by atoms with Crippen molar-refractivity contribution < 1.29 is 4.79 Å². The van der Waals surface area contributed by atoms with Crippen molar-refractivity contribution in [2.75, 3.05) is 13.1 Å². The summed E-state index contributed by atoms with van der Waals surface area (Å²) >= 11 is 0. The van der Waals surface area contributed by atoms with Crippen molar-refractivity contribution in [1.82, 2.24) is 29.9 Å². The Bertz CT molecular complexity index is 955. The first-order chi connectivity index (χ1) is 12.2. The van der Waals surface area contributed by atoms with Crippen LogP contribution in [0.5, 0.6) is 0 Å². The number of carbonyl (C=O) groups excluding carboxylic acids is 1. The van der Waals surface area contributed by atoms with Gasteiger partial charge in [-0.05, 0) is 37.0 Å². The van der Waals surface area contributed by atoms with Gasteiger partial charge in [0.1, 0.15) is 11.0 Å². The molecule has 128 valence electrons. The Morgan fingerprint density at radius 1 is 1.16 bits per heavy atom. The van der Waals surface area contributed by atoms with E-state index in [2.05, 4.69) is 20.4 Å². The van der Waals surface area contributed by atoms with Gasteiger partial charge >= 0.3 is 0 Å². The number of hydrogen-bond acceptors (Lipinski definition) is 5. The van der Waals surface area contributed by atoms with E-state index in [1.54, 1.807) is 29.1 Å². The molecule has 0 aliphatic carbocycles. The second kappa shape index (κ2) is 6.46. The number of piperidine rings is 1. The van der Waals surface area contributed by atoms with Crippen LogP contribution in [0.25, 0.3) is 11.0 Å². The molecule has 0 spiro atoms. The predicted octanol–water partition coefficient (Wildman–Crippen LogP) is 1.07. The smallest absolute Gasteiger partial charge is 0.253 e. The molecule has 2 aromatic heterocycles. The second-order valence-corrected chi connectivity index (χ2v) is 6.33. The van der Waals surface area contributed by atoms with E-state index in [1.165, 1.54) is 12.3 Å². The number of benzene rings is 1. The third-order valence-electron chi connectivity index (χ3n) is 4.71. The van der Waals surface area contributed by atoms with Crippen LogP contribution < -0.4 is 5.56 Å². The van der Waals surface area contributed by atoms with Crippen LogP contribution in [-0.2, 0) is 6.54 Å². The SMILES string of the molecule is O=C(c1ccc2n[nH]nc2c1)N1CCC(Cn2cnccc2=O)CC1. The molecule has 1 aliphatic heterocycles. The quantitative estimate of drug-likeness (QED) is 0.770. The maximum absolute atomic E-state index is 12.7. The summed E-state index contributed by atoms with van der Waals surface area (Å²) in [5.41, 5.74) is 2.03. The van der Waals surface area contributed by atoms with E-state index in [0.29, 0.717) is 36.6 Å². The van der Waals surface area contributed by atoms with Gasteiger partial charge in [0.15, 0.2) is 0 Å². The van der Waals surface area contributed by atoms with Crippen molar-refractivity contribution >= 4 is 16.9 Å².